The van der Waals surface area contributed by atoms with Gasteiger partial charge in [-0.15, -0.1) is 0 Å². The van der Waals surface area contributed by atoms with E-state index in [1.54, 1.807) is 0 Å². The Morgan fingerprint density at radius 1 is 0.712 bits per heavy atom. The summed E-state index contributed by atoms with van der Waals surface area (Å²) >= 11 is 0. The minimum absolute atomic E-state index is 0.0314. The first-order chi connectivity index (χ1) is 24.5. The molecule has 0 aromatic carbocycles. The highest BCUT2D eigenvalue weighted by atomic mass is 16.4. The molecule has 16 N–H and O–H groups in total. The van der Waals surface area contributed by atoms with Crippen molar-refractivity contribution in [3.05, 3.63) is 0 Å². The van der Waals surface area contributed by atoms with Gasteiger partial charge in [0.05, 0.1) is 32.7 Å². The summed E-state index contributed by atoms with van der Waals surface area (Å²) in [4.78, 5) is 124. The van der Waals surface area contributed by atoms with E-state index in [9.17, 15) is 58.2 Å². The Hall–Kier alpha value is -5.42. The summed E-state index contributed by atoms with van der Waals surface area (Å²) in [7, 11) is 0. The van der Waals surface area contributed by atoms with E-state index in [1.165, 1.54) is 0 Å². The minimum atomic E-state index is -1.69. The Morgan fingerprint density at radius 2 is 1.37 bits per heavy atom. The summed E-state index contributed by atoms with van der Waals surface area (Å²) in [5.74, 6) is -9.21. The number of carbonyl (C=O) groups excluding carboxylic acids is 9. The second kappa shape index (κ2) is 23.1. The van der Waals surface area contributed by atoms with Crippen molar-refractivity contribution in [1.82, 2.24) is 36.8 Å². The fraction of sp³-hybridized carbons (Fsp3) is 0.655. The van der Waals surface area contributed by atoms with Gasteiger partial charge >= 0.3 is 5.97 Å². The second-order valence-corrected chi connectivity index (χ2v) is 11.7. The molecule has 0 unspecified atom stereocenters. The number of hydrogen-bond donors (Lipinski definition) is 12. The maximum atomic E-state index is 13.5. The number of nitrogens with zero attached hydrogens (tertiary/aromatic N) is 1. The first-order valence-electron chi connectivity index (χ1n) is 16.4. The number of hydrogen-bond acceptors (Lipinski definition) is 13. The third-order valence-corrected chi connectivity index (χ3v) is 7.64. The van der Waals surface area contributed by atoms with Gasteiger partial charge in [-0.2, -0.15) is 0 Å². The monoisotopic (exact) mass is 743 g/mol. The Labute approximate surface area is 298 Å². The first kappa shape index (κ1) is 44.6. The number of carboxylic acids is 1. The summed E-state index contributed by atoms with van der Waals surface area (Å²) in [6, 6.07) is -6.91. The fourth-order valence-corrected chi connectivity index (χ4v) is 4.97. The van der Waals surface area contributed by atoms with E-state index in [1.807, 2.05) is 0 Å². The standard InChI is InChI=1S/C29H49N11O12/c30-8-2-1-4-16(29(51)52)38-27(49)19-5-3-9-40(19)28(50)17(10-21(33)43)39-26(48)18(14-41)37-24(46)13-34-23(45)12-35-25(47)15(6-7-20(32)42)36-22(44)11-31/h15-19,41H,1-14,30-31H2,(H2,32,42)(H2,33,43)(H,34,45)(H,35,47)(H,36,44)(H,37,46)(H,38,49)(H,39,48)(H,51,52)/t15-,16-,17-,18-,19-/m0/s1. The van der Waals surface area contributed by atoms with E-state index in [-0.39, 0.29) is 32.2 Å². The van der Waals surface area contributed by atoms with Gasteiger partial charge in [0.25, 0.3) is 0 Å². The number of aliphatic carboxylic acids is 1. The molecule has 1 rings (SSSR count). The van der Waals surface area contributed by atoms with Gasteiger partial charge in [-0.25, -0.2) is 4.79 Å². The molecule has 0 saturated carbocycles. The number of carboxylic acid groups (broad SMARTS) is 1. The molecule has 1 aliphatic rings. The van der Waals surface area contributed by atoms with Crippen LogP contribution >= 0.6 is 0 Å². The van der Waals surface area contributed by atoms with Crippen LogP contribution in [-0.4, -0.2) is 144 Å². The van der Waals surface area contributed by atoms with Crippen LogP contribution in [0.15, 0.2) is 0 Å². The van der Waals surface area contributed by atoms with Crippen LogP contribution in [0, 0.1) is 0 Å². The molecule has 1 saturated heterocycles. The van der Waals surface area contributed by atoms with Crippen molar-refractivity contribution in [1.29, 1.82) is 0 Å². The molecule has 1 fully saturated rings. The average Bonchev–Trinajstić information content (AvgIpc) is 3.59. The molecule has 0 aromatic heterocycles. The van der Waals surface area contributed by atoms with Crippen LogP contribution in [0.5, 0.6) is 0 Å². The van der Waals surface area contributed by atoms with Gasteiger partial charge in [0.15, 0.2) is 0 Å². The van der Waals surface area contributed by atoms with E-state index in [0.717, 1.165) is 4.90 Å². The topological polar surface area (TPSA) is 391 Å². The normalized spacial score (nSPS) is 15.9. The molecule has 1 heterocycles. The van der Waals surface area contributed by atoms with Crippen molar-refractivity contribution in [2.75, 3.05) is 39.3 Å². The van der Waals surface area contributed by atoms with Gasteiger partial charge in [0, 0.05) is 13.0 Å². The summed E-state index contributed by atoms with van der Waals surface area (Å²) in [5, 5.41) is 32.7. The molecule has 0 aliphatic carbocycles. The van der Waals surface area contributed by atoms with Crippen LogP contribution in [0.3, 0.4) is 0 Å². The highest BCUT2D eigenvalue weighted by molar-refractivity contribution is 5.98. The van der Waals surface area contributed by atoms with Gasteiger partial charge < -0.3 is 69.9 Å². The van der Waals surface area contributed by atoms with Gasteiger partial charge in [-0.1, -0.05) is 0 Å². The molecule has 0 spiro atoms. The third kappa shape index (κ3) is 16.1. The van der Waals surface area contributed by atoms with E-state index >= 15 is 0 Å². The molecule has 5 atom stereocenters. The van der Waals surface area contributed by atoms with E-state index in [2.05, 4.69) is 31.9 Å². The van der Waals surface area contributed by atoms with E-state index in [0.29, 0.717) is 25.8 Å². The molecule has 0 radical (unpaired) electrons. The smallest absolute Gasteiger partial charge is 0.326 e. The molecule has 23 nitrogen and oxygen atoms in total. The summed E-state index contributed by atoms with van der Waals surface area (Å²) < 4.78 is 0. The molecule has 292 valence electrons. The van der Waals surface area contributed by atoms with Crippen LogP contribution < -0.4 is 54.8 Å². The zero-order valence-corrected chi connectivity index (χ0v) is 28.5. The average molecular weight is 744 g/mol. The van der Waals surface area contributed by atoms with Crippen molar-refractivity contribution in [2.24, 2.45) is 22.9 Å². The molecule has 52 heavy (non-hydrogen) atoms. The Kier molecular flexibility index (Phi) is 19.8. The van der Waals surface area contributed by atoms with Crippen LogP contribution in [0.25, 0.3) is 0 Å². The molecule has 0 bridgehead atoms. The third-order valence-electron chi connectivity index (χ3n) is 7.64. The number of likely N-dealkylation sites (tertiary alicyclic amines) is 1. The number of rotatable bonds is 24. The minimum Gasteiger partial charge on any atom is -0.480 e. The van der Waals surface area contributed by atoms with Gasteiger partial charge in [0.1, 0.15) is 30.2 Å². The van der Waals surface area contributed by atoms with Crippen LogP contribution in [0.1, 0.15) is 51.4 Å². The lowest BCUT2D eigenvalue weighted by Gasteiger charge is -2.29. The summed E-state index contributed by atoms with van der Waals surface area (Å²) in [6.45, 7) is -2.49. The highest BCUT2D eigenvalue weighted by Gasteiger charge is 2.40. The van der Waals surface area contributed by atoms with Crippen molar-refractivity contribution < 1.29 is 58.2 Å². The fourth-order valence-electron chi connectivity index (χ4n) is 4.97. The molecular formula is C29H49N11O12. The second-order valence-electron chi connectivity index (χ2n) is 11.7. The summed E-state index contributed by atoms with van der Waals surface area (Å²) in [5.41, 5.74) is 21.0. The Balaban J connectivity index is 2.81. The number of nitrogens with one attached hydrogen (secondary N) is 6. The van der Waals surface area contributed by atoms with E-state index < -0.39 is 122 Å². The van der Waals surface area contributed by atoms with Crippen LogP contribution in [0.2, 0.25) is 0 Å². The van der Waals surface area contributed by atoms with Crippen molar-refractivity contribution in [3.8, 4) is 0 Å². The van der Waals surface area contributed by atoms with Gasteiger partial charge in [0.2, 0.25) is 53.2 Å². The largest absolute Gasteiger partial charge is 0.480 e. The maximum absolute atomic E-state index is 13.5. The Bertz CT molecular complexity index is 1330. The molecule has 0 aromatic rings. The molecule has 23 heteroatoms. The zero-order valence-electron chi connectivity index (χ0n) is 28.5. The number of aliphatic hydroxyl groups excluding tert-OH is 1. The number of nitrogens with two attached hydrogens (primary N) is 4. The lowest BCUT2D eigenvalue weighted by molar-refractivity contribution is -0.145. The van der Waals surface area contributed by atoms with Crippen molar-refractivity contribution in [2.45, 2.75) is 81.6 Å². The number of carbonyl (C=O) groups is 10. The predicted octanol–water partition coefficient (Wildman–Crippen LogP) is -7.55. The number of primary amides is 2. The zero-order chi connectivity index (χ0) is 39.4. The SMILES string of the molecule is NCCCC[C@H](NC(=O)[C@@H]1CCCN1C(=O)[C@H](CC(N)=O)NC(=O)[C@H](CO)NC(=O)CNC(=O)CNC(=O)[C@H](CCC(N)=O)NC(=O)CN)C(=O)O. The van der Waals surface area contributed by atoms with Crippen LogP contribution in [0.4, 0.5) is 0 Å². The first-order valence-corrected chi connectivity index (χ1v) is 16.4. The highest BCUT2D eigenvalue weighted by Crippen LogP contribution is 2.20. The van der Waals surface area contributed by atoms with Gasteiger partial charge in [-0.3, -0.25) is 43.2 Å². The van der Waals surface area contributed by atoms with Crippen molar-refractivity contribution in [3.63, 3.8) is 0 Å². The predicted molar refractivity (Wildman–Crippen MR) is 177 cm³/mol. The number of amides is 9. The van der Waals surface area contributed by atoms with Gasteiger partial charge in [-0.05, 0) is 45.1 Å². The lowest BCUT2D eigenvalue weighted by atomic mass is 10.1. The van der Waals surface area contributed by atoms with E-state index in [4.69, 9.17) is 22.9 Å². The number of aliphatic hydroxyl groups is 1. The molecular weight excluding hydrogens is 694 g/mol. The molecule has 9 amide bonds. The molecule has 1 aliphatic heterocycles. The van der Waals surface area contributed by atoms with Crippen molar-refractivity contribution >= 4 is 59.1 Å². The number of unbranched alkanes of at least 4 members (excludes halogenated alkanes) is 1. The maximum Gasteiger partial charge on any atom is 0.326 e. The lowest BCUT2D eigenvalue weighted by Crippen LogP contribution is -2.59. The Morgan fingerprint density at radius 3 is 1.94 bits per heavy atom. The quantitative estimate of drug-likeness (QED) is 0.0409. The van der Waals surface area contributed by atoms with Crippen LogP contribution in [-0.2, 0) is 47.9 Å². The summed E-state index contributed by atoms with van der Waals surface area (Å²) in [6.07, 6.45) is 0.419.